The van der Waals surface area contributed by atoms with Crippen LogP contribution in [0, 0.1) is 0 Å². The molecule has 9 aromatic rings. The van der Waals surface area contributed by atoms with E-state index in [1.807, 2.05) is 18.6 Å². The summed E-state index contributed by atoms with van der Waals surface area (Å²) < 4.78 is 0. The van der Waals surface area contributed by atoms with Crippen LogP contribution in [-0.2, 0) is 10.8 Å². The highest BCUT2D eigenvalue weighted by Crippen LogP contribution is 2.55. The predicted molar refractivity (Wildman–Crippen MR) is 230 cm³/mol. The lowest BCUT2D eigenvalue weighted by atomic mass is 9.79. The zero-order chi connectivity index (χ0) is 37.8. The molecule has 2 aliphatic carbocycles. The summed E-state index contributed by atoms with van der Waals surface area (Å²) in [5.74, 6) is 0. The van der Waals surface area contributed by atoms with Crippen LogP contribution in [0.15, 0.2) is 158 Å². The summed E-state index contributed by atoms with van der Waals surface area (Å²) in [5.41, 5.74) is 17.4. The highest BCUT2D eigenvalue weighted by atomic mass is 14.8. The van der Waals surface area contributed by atoms with Crippen molar-refractivity contribution in [3.63, 3.8) is 0 Å². The van der Waals surface area contributed by atoms with Gasteiger partial charge in [-0.1, -0.05) is 119 Å². The van der Waals surface area contributed by atoms with Gasteiger partial charge in [-0.3, -0.25) is 15.0 Å². The van der Waals surface area contributed by atoms with E-state index < -0.39 is 0 Å². The maximum Gasteiger partial charge on any atom is 0.0746 e. The molecule has 0 amide bonds. The number of hydrogen-bond donors (Lipinski definition) is 0. The first-order valence-corrected chi connectivity index (χ1v) is 19.4. The Morgan fingerprint density at radius 3 is 1.70 bits per heavy atom. The van der Waals surface area contributed by atoms with Gasteiger partial charge >= 0.3 is 0 Å². The Balaban J connectivity index is 1.08. The SMILES string of the molecule is CC1(C)c2cc3c(cc2-c2ncccc21)C(C)(C)c1cc(-c2cc(-c4cccc5ccccc45)cc(-c4ccnc(-c5cccc6ccccc56)c4)n2)cnc1-3. The molecule has 0 atom stereocenters. The summed E-state index contributed by atoms with van der Waals surface area (Å²) in [6, 6.07) is 50.1. The molecule has 0 radical (unpaired) electrons. The van der Waals surface area contributed by atoms with Gasteiger partial charge < -0.3 is 0 Å². The average molecular weight is 719 g/mol. The molecule has 0 unspecified atom stereocenters. The summed E-state index contributed by atoms with van der Waals surface area (Å²) in [6.45, 7) is 9.27. The molecular formula is C52H38N4. The van der Waals surface area contributed by atoms with Crippen LogP contribution in [0.1, 0.15) is 49.9 Å². The second-order valence-corrected chi connectivity index (χ2v) is 16.3. The number of benzene rings is 5. The fourth-order valence-electron chi connectivity index (χ4n) is 9.38. The van der Waals surface area contributed by atoms with Crippen LogP contribution in [0.2, 0.25) is 0 Å². The number of fused-ring (bicyclic) bond motifs is 8. The average Bonchev–Trinajstić information content (AvgIpc) is 3.61. The summed E-state index contributed by atoms with van der Waals surface area (Å²) in [4.78, 5) is 20.4. The van der Waals surface area contributed by atoms with Crippen molar-refractivity contribution in [1.82, 2.24) is 19.9 Å². The van der Waals surface area contributed by atoms with Gasteiger partial charge in [0.15, 0.2) is 0 Å². The van der Waals surface area contributed by atoms with Crippen molar-refractivity contribution in [2.45, 2.75) is 38.5 Å². The highest BCUT2D eigenvalue weighted by molar-refractivity contribution is 5.99. The number of pyridine rings is 4. The quantitative estimate of drug-likeness (QED) is 0.182. The van der Waals surface area contributed by atoms with E-state index in [1.165, 1.54) is 60.5 Å². The minimum atomic E-state index is -0.265. The van der Waals surface area contributed by atoms with E-state index in [-0.39, 0.29) is 10.8 Å². The molecule has 0 aliphatic heterocycles. The molecule has 4 heteroatoms. The zero-order valence-electron chi connectivity index (χ0n) is 31.8. The summed E-state index contributed by atoms with van der Waals surface area (Å²) in [6.07, 6.45) is 5.84. The molecule has 2 aliphatic rings. The number of nitrogens with zero attached hydrogens (tertiary/aromatic N) is 4. The van der Waals surface area contributed by atoms with Crippen molar-refractivity contribution in [3.05, 3.63) is 180 Å². The second kappa shape index (κ2) is 11.9. The molecule has 4 heterocycles. The van der Waals surface area contributed by atoms with E-state index in [1.54, 1.807) is 0 Å². The first kappa shape index (κ1) is 32.6. The number of hydrogen-bond acceptors (Lipinski definition) is 4. The van der Waals surface area contributed by atoms with Gasteiger partial charge in [0.1, 0.15) is 0 Å². The van der Waals surface area contributed by atoms with Crippen LogP contribution in [0.4, 0.5) is 0 Å². The van der Waals surface area contributed by atoms with Gasteiger partial charge in [-0.05, 0) is 103 Å². The molecule has 266 valence electrons. The monoisotopic (exact) mass is 718 g/mol. The van der Waals surface area contributed by atoms with Crippen LogP contribution >= 0.6 is 0 Å². The summed E-state index contributed by atoms with van der Waals surface area (Å²) in [7, 11) is 0. The van der Waals surface area contributed by atoms with Gasteiger partial charge in [0.2, 0.25) is 0 Å². The van der Waals surface area contributed by atoms with Gasteiger partial charge in [-0.25, -0.2) is 4.98 Å². The van der Waals surface area contributed by atoms with Crippen LogP contribution in [0.5, 0.6) is 0 Å². The molecule has 0 bridgehead atoms. The molecular weight excluding hydrogens is 681 g/mol. The maximum absolute atomic E-state index is 5.42. The van der Waals surface area contributed by atoms with Gasteiger partial charge in [0.05, 0.1) is 28.5 Å². The molecule has 0 saturated heterocycles. The minimum absolute atomic E-state index is 0.135. The topological polar surface area (TPSA) is 51.6 Å². The van der Waals surface area contributed by atoms with Gasteiger partial charge in [-0.2, -0.15) is 0 Å². The van der Waals surface area contributed by atoms with E-state index in [0.717, 1.165) is 50.7 Å². The van der Waals surface area contributed by atoms with E-state index in [0.29, 0.717) is 0 Å². The molecule has 4 aromatic heterocycles. The number of aromatic nitrogens is 4. The Labute approximate surface area is 326 Å². The third-order valence-electron chi connectivity index (χ3n) is 12.4. The molecule has 56 heavy (non-hydrogen) atoms. The molecule has 11 rings (SSSR count). The first-order chi connectivity index (χ1) is 27.3. The molecule has 0 spiro atoms. The minimum Gasteiger partial charge on any atom is -0.256 e. The Hall–Kier alpha value is -6.78. The standard InChI is InChI=1S/C52H38N4/c1-51(2)42-20-11-22-54-49(42)40-28-44-41(29-43(40)51)50-45(52(44,3)4)24-35(30-55-50)47-27-34(38-18-9-14-31-12-5-7-16-36(31)38)26-46(56-47)33-21-23-53-48(25-33)39-19-10-15-32-13-6-8-17-37(32)39/h5-30H,1-4H3. The van der Waals surface area contributed by atoms with Crippen LogP contribution in [-0.4, -0.2) is 19.9 Å². The fourth-order valence-corrected chi connectivity index (χ4v) is 9.38. The van der Waals surface area contributed by atoms with Crippen molar-refractivity contribution < 1.29 is 0 Å². The van der Waals surface area contributed by atoms with E-state index >= 15 is 0 Å². The van der Waals surface area contributed by atoms with Crippen LogP contribution < -0.4 is 0 Å². The molecule has 0 saturated carbocycles. The van der Waals surface area contributed by atoms with Crippen LogP contribution in [0.25, 0.3) is 89.0 Å². The van der Waals surface area contributed by atoms with E-state index in [9.17, 15) is 0 Å². The maximum atomic E-state index is 5.42. The van der Waals surface area contributed by atoms with Gasteiger partial charge in [0.25, 0.3) is 0 Å². The lowest BCUT2D eigenvalue weighted by Gasteiger charge is -2.24. The summed E-state index contributed by atoms with van der Waals surface area (Å²) >= 11 is 0. The highest BCUT2D eigenvalue weighted by Gasteiger charge is 2.42. The second-order valence-electron chi connectivity index (χ2n) is 16.3. The molecule has 5 aromatic carbocycles. The fraction of sp³-hybridized carbons (Fsp3) is 0.115. The van der Waals surface area contributed by atoms with Crippen molar-refractivity contribution in [1.29, 1.82) is 0 Å². The molecule has 0 N–H and O–H groups in total. The largest absolute Gasteiger partial charge is 0.256 e. The van der Waals surface area contributed by atoms with Gasteiger partial charge in [-0.15, -0.1) is 0 Å². The first-order valence-electron chi connectivity index (χ1n) is 19.4. The normalized spacial score (nSPS) is 14.4. The predicted octanol–water partition coefficient (Wildman–Crippen LogP) is 12.9. The Bertz CT molecular complexity index is 3090. The van der Waals surface area contributed by atoms with Crippen molar-refractivity contribution in [3.8, 4) is 67.4 Å². The van der Waals surface area contributed by atoms with Crippen LogP contribution in [0.3, 0.4) is 0 Å². The Kier molecular flexibility index (Phi) is 6.91. The van der Waals surface area contributed by atoms with Gasteiger partial charge in [0, 0.05) is 57.2 Å². The third kappa shape index (κ3) is 4.78. The smallest absolute Gasteiger partial charge is 0.0746 e. The zero-order valence-corrected chi connectivity index (χ0v) is 31.8. The van der Waals surface area contributed by atoms with E-state index in [4.69, 9.17) is 19.9 Å². The van der Waals surface area contributed by atoms with Crippen molar-refractivity contribution in [2.24, 2.45) is 0 Å². The molecule has 0 fully saturated rings. The number of rotatable bonds is 4. The summed E-state index contributed by atoms with van der Waals surface area (Å²) in [5, 5.41) is 4.79. The Morgan fingerprint density at radius 2 is 0.964 bits per heavy atom. The lowest BCUT2D eigenvalue weighted by Crippen LogP contribution is -2.17. The third-order valence-corrected chi connectivity index (χ3v) is 12.4. The lowest BCUT2D eigenvalue weighted by molar-refractivity contribution is 0.651. The molecule has 4 nitrogen and oxygen atoms in total. The Morgan fingerprint density at radius 1 is 0.375 bits per heavy atom. The van der Waals surface area contributed by atoms with E-state index in [2.05, 4.69) is 167 Å². The van der Waals surface area contributed by atoms with Crippen molar-refractivity contribution in [2.75, 3.05) is 0 Å². The van der Waals surface area contributed by atoms with Crippen molar-refractivity contribution >= 4 is 21.5 Å².